The van der Waals surface area contributed by atoms with Crippen LogP contribution in [-0.2, 0) is 16.1 Å². The minimum Gasteiger partial charge on any atom is -0.337 e. The maximum absolute atomic E-state index is 15.2. The molecule has 0 bridgehead atoms. The standard InChI is InChI=1S/C26H24FN5O4/c27-19-12-18-16(13-32(25(18)35)21-4-5-23(33)29-24(21)34)11-17(19)15-6-9-30(10-7-15)26(36)20-14-31-8-2-1-3-22(31)28-20/h1-3,8,11-12,14-15,21H,4-7,9-10,13H2,(H,29,33,34). The number of nitrogens with zero attached hydrogens (tertiary/aromatic N) is 4. The molecule has 1 unspecified atom stereocenters. The molecule has 1 atom stereocenters. The van der Waals surface area contributed by atoms with Gasteiger partial charge >= 0.3 is 0 Å². The van der Waals surface area contributed by atoms with Crippen LogP contribution >= 0.6 is 0 Å². The number of carbonyl (C=O) groups is 4. The predicted octanol–water partition coefficient (Wildman–Crippen LogP) is 2.25. The van der Waals surface area contributed by atoms with Crippen LogP contribution in [0.15, 0.2) is 42.7 Å². The maximum Gasteiger partial charge on any atom is 0.274 e. The van der Waals surface area contributed by atoms with Gasteiger partial charge in [0.05, 0.1) is 0 Å². The Morgan fingerprint density at radius 3 is 2.64 bits per heavy atom. The first-order valence-corrected chi connectivity index (χ1v) is 12.1. The van der Waals surface area contributed by atoms with Crippen LogP contribution in [-0.4, -0.2) is 61.9 Å². The summed E-state index contributed by atoms with van der Waals surface area (Å²) in [7, 11) is 0. The zero-order chi connectivity index (χ0) is 25.0. The van der Waals surface area contributed by atoms with Gasteiger partial charge in [-0.15, -0.1) is 0 Å². The van der Waals surface area contributed by atoms with E-state index in [1.165, 1.54) is 11.0 Å². The lowest BCUT2D eigenvalue weighted by atomic mass is 9.87. The van der Waals surface area contributed by atoms with E-state index in [-0.39, 0.29) is 42.7 Å². The van der Waals surface area contributed by atoms with Gasteiger partial charge in [0.1, 0.15) is 23.2 Å². The number of rotatable bonds is 3. The van der Waals surface area contributed by atoms with Crippen molar-refractivity contribution < 1.29 is 23.6 Å². The number of carbonyl (C=O) groups excluding carboxylic acids is 4. The number of nitrogens with one attached hydrogen (secondary N) is 1. The number of benzene rings is 1. The minimum atomic E-state index is -0.733. The van der Waals surface area contributed by atoms with Crippen LogP contribution in [0.5, 0.6) is 0 Å². The van der Waals surface area contributed by atoms with E-state index >= 15 is 4.39 Å². The van der Waals surface area contributed by atoms with Crippen LogP contribution in [0.2, 0.25) is 0 Å². The topological polar surface area (TPSA) is 104 Å². The van der Waals surface area contributed by atoms with Crippen LogP contribution in [0.1, 0.15) is 63.6 Å². The smallest absolute Gasteiger partial charge is 0.274 e. The number of halogens is 1. The van der Waals surface area contributed by atoms with Crippen LogP contribution < -0.4 is 5.32 Å². The first-order valence-electron chi connectivity index (χ1n) is 12.1. The van der Waals surface area contributed by atoms with Crippen LogP contribution in [0.25, 0.3) is 5.65 Å². The lowest BCUT2D eigenvalue weighted by Gasteiger charge is -2.32. The number of hydrogen-bond acceptors (Lipinski definition) is 5. The molecule has 4 amide bonds. The van der Waals surface area contributed by atoms with Gasteiger partial charge in [-0.3, -0.25) is 24.5 Å². The lowest BCUT2D eigenvalue weighted by molar-refractivity contribution is -0.136. The van der Waals surface area contributed by atoms with Gasteiger partial charge in [0.2, 0.25) is 11.8 Å². The highest BCUT2D eigenvalue weighted by molar-refractivity contribution is 6.05. The largest absolute Gasteiger partial charge is 0.337 e. The molecule has 3 aliphatic heterocycles. The molecule has 2 fully saturated rings. The third-order valence-corrected chi connectivity index (χ3v) is 7.45. The Hall–Kier alpha value is -4.08. The van der Waals surface area contributed by atoms with Crippen molar-refractivity contribution in [2.45, 2.75) is 44.2 Å². The zero-order valence-electron chi connectivity index (χ0n) is 19.4. The van der Waals surface area contributed by atoms with Gasteiger partial charge in [-0.2, -0.15) is 0 Å². The second-order valence-electron chi connectivity index (χ2n) is 9.59. The summed E-state index contributed by atoms with van der Waals surface area (Å²) in [6.45, 7) is 1.17. The van der Waals surface area contributed by atoms with Crippen molar-refractivity contribution in [3.05, 3.63) is 70.9 Å². The SMILES string of the molecule is O=C1CCC(N2Cc3cc(C4CCN(C(=O)c5cn6ccccc6n5)CC4)c(F)cc3C2=O)C(=O)N1. The van der Waals surface area contributed by atoms with Crippen LogP contribution in [0, 0.1) is 5.82 Å². The van der Waals surface area contributed by atoms with Gasteiger partial charge in [0, 0.05) is 44.0 Å². The summed E-state index contributed by atoms with van der Waals surface area (Å²) in [5.41, 5.74) is 2.57. The molecule has 9 nitrogen and oxygen atoms in total. The molecule has 1 aromatic carbocycles. The zero-order valence-corrected chi connectivity index (χ0v) is 19.4. The highest BCUT2D eigenvalue weighted by Gasteiger charge is 2.40. The van der Waals surface area contributed by atoms with Crippen LogP contribution in [0.3, 0.4) is 0 Å². The van der Waals surface area contributed by atoms with Crippen molar-refractivity contribution in [3.63, 3.8) is 0 Å². The molecule has 0 radical (unpaired) electrons. The summed E-state index contributed by atoms with van der Waals surface area (Å²) >= 11 is 0. The lowest BCUT2D eigenvalue weighted by Crippen LogP contribution is -2.52. The van der Waals surface area contributed by atoms with Crippen molar-refractivity contribution >= 4 is 29.3 Å². The van der Waals surface area contributed by atoms with Gasteiger partial charge in [-0.1, -0.05) is 12.1 Å². The van der Waals surface area contributed by atoms with Gasteiger partial charge in [0.25, 0.3) is 11.8 Å². The summed E-state index contributed by atoms with van der Waals surface area (Å²) in [4.78, 5) is 57.2. The molecule has 0 spiro atoms. The Morgan fingerprint density at radius 1 is 1.08 bits per heavy atom. The monoisotopic (exact) mass is 489 g/mol. The summed E-state index contributed by atoms with van der Waals surface area (Å²) in [6, 6.07) is 7.85. The molecular formula is C26H24FN5O4. The molecule has 2 saturated heterocycles. The van der Waals surface area contributed by atoms with Gasteiger partial charge in [-0.05, 0) is 54.5 Å². The Balaban J connectivity index is 1.15. The summed E-state index contributed by atoms with van der Waals surface area (Å²) < 4.78 is 17.0. The minimum absolute atomic E-state index is 0.0832. The number of amides is 4. The van der Waals surface area contributed by atoms with E-state index in [1.807, 2.05) is 24.4 Å². The first-order chi connectivity index (χ1) is 17.4. The fourth-order valence-electron chi connectivity index (χ4n) is 5.51. The number of piperidine rings is 2. The van der Waals surface area contributed by atoms with E-state index in [9.17, 15) is 19.2 Å². The fourth-order valence-corrected chi connectivity index (χ4v) is 5.51. The fraction of sp³-hybridized carbons (Fsp3) is 0.346. The van der Waals surface area contributed by atoms with Gasteiger partial charge in [-0.25, -0.2) is 9.37 Å². The van der Waals surface area contributed by atoms with Crippen LogP contribution in [0.4, 0.5) is 4.39 Å². The molecule has 6 rings (SSSR count). The van der Waals surface area contributed by atoms with E-state index in [0.29, 0.717) is 48.4 Å². The van der Waals surface area contributed by atoms with Gasteiger partial charge < -0.3 is 14.2 Å². The first kappa shape index (κ1) is 22.4. The Bertz CT molecular complexity index is 1390. The predicted molar refractivity (Wildman–Crippen MR) is 126 cm³/mol. The van der Waals surface area contributed by atoms with E-state index in [0.717, 1.165) is 0 Å². The quantitative estimate of drug-likeness (QED) is 0.569. The molecule has 2 aromatic heterocycles. The molecule has 0 saturated carbocycles. The van der Waals surface area contributed by atoms with Gasteiger partial charge in [0.15, 0.2) is 0 Å². The second-order valence-corrected chi connectivity index (χ2v) is 9.59. The Labute approximate surface area is 205 Å². The van der Waals surface area contributed by atoms with Crippen molar-refractivity contribution in [2.24, 2.45) is 0 Å². The molecule has 36 heavy (non-hydrogen) atoms. The Kier molecular flexibility index (Phi) is 5.31. The third kappa shape index (κ3) is 3.73. The number of imide groups is 1. The average molecular weight is 490 g/mol. The van der Waals surface area contributed by atoms with E-state index in [4.69, 9.17) is 0 Å². The van der Waals surface area contributed by atoms with E-state index < -0.39 is 23.7 Å². The normalized spacial score (nSPS) is 20.7. The summed E-state index contributed by atoms with van der Waals surface area (Å²) in [5, 5.41) is 2.28. The van der Waals surface area contributed by atoms with Crippen molar-refractivity contribution in [1.82, 2.24) is 24.5 Å². The molecular weight excluding hydrogens is 465 g/mol. The molecule has 0 aliphatic carbocycles. The highest BCUT2D eigenvalue weighted by Crippen LogP contribution is 2.35. The number of pyridine rings is 1. The number of likely N-dealkylation sites (tertiary alicyclic amines) is 1. The number of aromatic nitrogens is 2. The molecule has 3 aromatic rings. The number of imidazole rings is 1. The molecule has 1 N–H and O–H groups in total. The number of fused-ring (bicyclic) bond motifs is 2. The highest BCUT2D eigenvalue weighted by atomic mass is 19.1. The average Bonchev–Trinajstić information content (AvgIpc) is 3.45. The number of hydrogen-bond donors (Lipinski definition) is 1. The summed E-state index contributed by atoms with van der Waals surface area (Å²) in [6.07, 6.45) is 5.18. The second kappa shape index (κ2) is 8.54. The molecule has 184 valence electrons. The van der Waals surface area contributed by atoms with E-state index in [2.05, 4.69) is 10.3 Å². The Morgan fingerprint density at radius 2 is 1.89 bits per heavy atom. The molecule has 3 aliphatic rings. The molecule has 5 heterocycles. The third-order valence-electron chi connectivity index (χ3n) is 7.45. The maximum atomic E-state index is 15.2. The van der Waals surface area contributed by atoms with Crippen molar-refractivity contribution in [3.8, 4) is 0 Å². The van der Waals surface area contributed by atoms with Crippen molar-refractivity contribution in [2.75, 3.05) is 13.1 Å². The van der Waals surface area contributed by atoms with Crippen molar-refractivity contribution in [1.29, 1.82) is 0 Å². The summed E-state index contributed by atoms with van der Waals surface area (Å²) in [5.74, 6) is -1.90. The van der Waals surface area contributed by atoms with E-state index in [1.54, 1.807) is 21.6 Å². The molecule has 10 heteroatoms.